The van der Waals surface area contributed by atoms with Crippen molar-refractivity contribution in [2.75, 3.05) is 26.2 Å². The molecule has 4 heteroatoms. The summed E-state index contributed by atoms with van der Waals surface area (Å²) < 4.78 is 5.08. The van der Waals surface area contributed by atoms with Gasteiger partial charge in [-0.15, -0.1) is 0 Å². The van der Waals surface area contributed by atoms with Crippen molar-refractivity contribution in [3.05, 3.63) is 0 Å². The molecule has 110 valence electrons. The van der Waals surface area contributed by atoms with E-state index in [2.05, 4.69) is 5.32 Å². The second-order valence-corrected chi connectivity index (χ2v) is 5.90. The molecule has 0 radical (unpaired) electrons. The molecule has 0 spiro atoms. The first-order valence-corrected chi connectivity index (χ1v) is 7.94. The monoisotopic (exact) mass is 268 g/mol. The van der Waals surface area contributed by atoms with Crippen LogP contribution >= 0.6 is 0 Å². The summed E-state index contributed by atoms with van der Waals surface area (Å²) in [6, 6.07) is 0.458. The van der Waals surface area contributed by atoms with Gasteiger partial charge in [0, 0.05) is 19.1 Å². The van der Waals surface area contributed by atoms with Crippen LogP contribution in [0.5, 0.6) is 0 Å². The number of hydrogen-bond donors (Lipinski definition) is 1. The van der Waals surface area contributed by atoms with E-state index in [9.17, 15) is 4.79 Å². The molecule has 2 rings (SSSR count). The summed E-state index contributed by atoms with van der Waals surface area (Å²) in [5.41, 5.74) is 0. The van der Waals surface area contributed by atoms with E-state index < -0.39 is 0 Å². The topological polar surface area (TPSA) is 41.6 Å². The molecule has 1 aliphatic carbocycles. The largest absolute Gasteiger partial charge is 0.450 e. The maximum atomic E-state index is 11.7. The Labute approximate surface area is 116 Å². The number of amides is 1. The van der Waals surface area contributed by atoms with E-state index in [0.717, 1.165) is 32.0 Å². The summed E-state index contributed by atoms with van der Waals surface area (Å²) in [5.74, 6) is 0.853. The van der Waals surface area contributed by atoms with Gasteiger partial charge in [0.2, 0.25) is 0 Å². The van der Waals surface area contributed by atoms with Gasteiger partial charge in [-0.25, -0.2) is 4.79 Å². The number of carbonyl (C=O) groups is 1. The highest BCUT2D eigenvalue weighted by Crippen LogP contribution is 2.23. The summed E-state index contributed by atoms with van der Waals surface area (Å²) in [5, 5.41) is 3.67. The first-order valence-electron chi connectivity index (χ1n) is 7.94. The van der Waals surface area contributed by atoms with Gasteiger partial charge in [-0.3, -0.25) is 0 Å². The fraction of sp³-hybridized carbons (Fsp3) is 0.933. The predicted molar refractivity (Wildman–Crippen MR) is 76.2 cm³/mol. The van der Waals surface area contributed by atoms with Gasteiger partial charge in [0.05, 0.1) is 6.61 Å². The van der Waals surface area contributed by atoms with Crippen molar-refractivity contribution in [2.45, 2.75) is 57.9 Å². The second-order valence-electron chi connectivity index (χ2n) is 5.90. The molecule has 0 bridgehead atoms. The maximum absolute atomic E-state index is 11.7. The van der Waals surface area contributed by atoms with Crippen LogP contribution in [0, 0.1) is 5.92 Å². The standard InChI is InChI=1S/C15H28N2O2/c1-2-19-15(18)17-10-6-9-14(12-17)16-11-13-7-4-3-5-8-13/h13-14,16H,2-12H2,1H3. The van der Waals surface area contributed by atoms with Crippen molar-refractivity contribution in [1.29, 1.82) is 0 Å². The minimum Gasteiger partial charge on any atom is -0.450 e. The minimum absolute atomic E-state index is 0.147. The highest BCUT2D eigenvalue weighted by Gasteiger charge is 2.24. The van der Waals surface area contributed by atoms with Gasteiger partial charge >= 0.3 is 6.09 Å². The summed E-state index contributed by atoms with van der Waals surface area (Å²) in [6.07, 6.45) is 9.08. The number of carbonyl (C=O) groups excluding carboxylic acids is 1. The van der Waals surface area contributed by atoms with Crippen molar-refractivity contribution in [1.82, 2.24) is 10.2 Å². The normalized spacial score (nSPS) is 25.3. The highest BCUT2D eigenvalue weighted by atomic mass is 16.6. The van der Waals surface area contributed by atoms with Gasteiger partial charge in [-0.1, -0.05) is 19.3 Å². The molecule has 0 aromatic rings. The first-order chi connectivity index (χ1) is 9.29. The van der Waals surface area contributed by atoms with Crippen LogP contribution in [0.3, 0.4) is 0 Å². The average Bonchev–Trinajstić information content (AvgIpc) is 2.47. The molecule has 0 aromatic heterocycles. The number of rotatable bonds is 4. The van der Waals surface area contributed by atoms with E-state index in [4.69, 9.17) is 4.74 Å². The minimum atomic E-state index is -0.147. The van der Waals surface area contributed by atoms with Crippen LogP contribution in [0.4, 0.5) is 4.79 Å². The zero-order chi connectivity index (χ0) is 13.5. The number of hydrogen-bond acceptors (Lipinski definition) is 3. The van der Waals surface area contributed by atoms with Crippen LogP contribution in [0.25, 0.3) is 0 Å². The van der Waals surface area contributed by atoms with Crippen LogP contribution in [0.15, 0.2) is 0 Å². The zero-order valence-corrected chi connectivity index (χ0v) is 12.2. The van der Waals surface area contributed by atoms with E-state index >= 15 is 0 Å². The fourth-order valence-electron chi connectivity index (χ4n) is 3.25. The van der Waals surface area contributed by atoms with Gasteiger partial charge in [0.15, 0.2) is 0 Å². The van der Waals surface area contributed by atoms with Crippen molar-refractivity contribution in [3.63, 3.8) is 0 Å². The van der Waals surface area contributed by atoms with Gasteiger partial charge in [-0.2, -0.15) is 0 Å². The zero-order valence-electron chi connectivity index (χ0n) is 12.2. The van der Waals surface area contributed by atoms with Crippen LogP contribution in [-0.2, 0) is 4.74 Å². The molecule has 1 saturated heterocycles. The van der Waals surface area contributed by atoms with E-state index in [1.807, 2.05) is 11.8 Å². The molecular formula is C15H28N2O2. The summed E-state index contributed by atoms with van der Waals surface area (Å²) >= 11 is 0. The molecule has 1 amide bonds. The van der Waals surface area contributed by atoms with Crippen LogP contribution in [-0.4, -0.2) is 43.3 Å². The Morgan fingerprint density at radius 3 is 2.74 bits per heavy atom. The lowest BCUT2D eigenvalue weighted by Gasteiger charge is -2.33. The fourth-order valence-corrected chi connectivity index (χ4v) is 3.25. The van der Waals surface area contributed by atoms with Crippen molar-refractivity contribution < 1.29 is 9.53 Å². The Hall–Kier alpha value is -0.770. The van der Waals surface area contributed by atoms with Crippen molar-refractivity contribution in [2.24, 2.45) is 5.92 Å². The molecule has 2 fully saturated rings. The molecule has 0 aromatic carbocycles. The van der Waals surface area contributed by atoms with Crippen molar-refractivity contribution >= 4 is 6.09 Å². The Morgan fingerprint density at radius 2 is 2.00 bits per heavy atom. The SMILES string of the molecule is CCOC(=O)N1CCCC(NCC2CCCCC2)C1. The average molecular weight is 268 g/mol. The molecule has 1 N–H and O–H groups in total. The first kappa shape index (κ1) is 14.6. The summed E-state index contributed by atoms with van der Waals surface area (Å²) in [4.78, 5) is 13.6. The molecule has 4 nitrogen and oxygen atoms in total. The number of ether oxygens (including phenoxy) is 1. The Kier molecular flexibility index (Phi) is 5.95. The maximum Gasteiger partial charge on any atom is 0.409 e. The van der Waals surface area contributed by atoms with Crippen molar-refractivity contribution in [3.8, 4) is 0 Å². The third-order valence-electron chi connectivity index (χ3n) is 4.37. The molecule has 1 saturated carbocycles. The third-order valence-corrected chi connectivity index (χ3v) is 4.37. The molecule has 1 atom stereocenters. The number of nitrogens with zero attached hydrogens (tertiary/aromatic N) is 1. The molecule has 1 heterocycles. The molecule has 2 aliphatic rings. The van der Waals surface area contributed by atoms with Crippen LogP contribution < -0.4 is 5.32 Å². The van der Waals surface area contributed by atoms with E-state index in [1.54, 1.807) is 0 Å². The molecule has 1 aliphatic heterocycles. The summed E-state index contributed by atoms with van der Waals surface area (Å²) in [7, 11) is 0. The molecule has 19 heavy (non-hydrogen) atoms. The van der Waals surface area contributed by atoms with Crippen LogP contribution in [0.1, 0.15) is 51.9 Å². The molecular weight excluding hydrogens is 240 g/mol. The Bertz CT molecular complexity index is 277. The summed E-state index contributed by atoms with van der Waals surface area (Å²) in [6.45, 7) is 5.11. The second kappa shape index (κ2) is 7.73. The lowest BCUT2D eigenvalue weighted by molar-refractivity contribution is 0.0922. The quantitative estimate of drug-likeness (QED) is 0.852. The Morgan fingerprint density at radius 1 is 1.21 bits per heavy atom. The predicted octanol–water partition coefficient (Wildman–Crippen LogP) is 2.78. The van der Waals surface area contributed by atoms with E-state index in [-0.39, 0.29) is 6.09 Å². The van der Waals surface area contributed by atoms with E-state index in [0.29, 0.717) is 12.6 Å². The Balaban J connectivity index is 1.69. The highest BCUT2D eigenvalue weighted by molar-refractivity contribution is 5.67. The van der Waals surface area contributed by atoms with E-state index in [1.165, 1.54) is 38.5 Å². The number of piperidine rings is 1. The lowest BCUT2D eigenvalue weighted by atomic mass is 9.89. The van der Waals surface area contributed by atoms with Gasteiger partial charge in [0.25, 0.3) is 0 Å². The van der Waals surface area contributed by atoms with Gasteiger partial charge in [-0.05, 0) is 45.1 Å². The number of nitrogens with one attached hydrogen (secondary N) is 1. The number of likely N-dealkylation sites (tertiary alicyclic amines) is 1. The van der Waals surface area contributed by atoms with Gasteiger partial charge in [0.1, 0.15) is 0 Å². The third kappa shape index (κ3) is 4.68. The van der Waals surface area contributed by atoms with Gasteiger partial charge < -0.3 is 15.0 Å². The smallest absolute Gasteiger partial charge is 0.409 e. The van der Waals surface area contributed by atoms with Crippen LogP contribution in [0.2, 0.25) is 0 Å². The molecule has 1 unspecified atom stereocenters. The lowest BCUT2D eigenvalue weighted by Crippen LogP contribution is -2.49.